The second-order valence-electron chi connectivity index (χ2n) is 5.27. The van der Waals surface area contributed by atoms with Gasteiger partial charge in [-0.1, -0.05) is 12.5 Å². The summed E-state index contributed by atoms with van der Waals surface area (Å²) in [5, 5.41) is 15.6. The predicted molar refractivity (Wildman–Crippen MR) is 74.5 cm³/mol. The van der Waals surface area contributed by atoms with Gasteiger partial charge in [0.15, 0.2) is 0 Å². The molecule has 0 aliphatic carbocycles. The lowest BCUT2D eigenvalue weighted by molar-refractivity contribution is 0.132. The van der Waals surface area contributed by atoms with Crippen LogP contribution in [0.25, 0.3) is 0 Å². The molecular formula is C15H16FN5. The van der Waals surface area contributed by atoms with Gasteiger partial charge < -0.3 is 0 Å². The number of nitrogens with zero attached hydrogens (tertiary/aromatic N) is 4. The average molecular weight is 285 g/mol. The van der Waals surface area contributed by atoms with Crippen molar-refractivity contribution in [1.29, 1.82) is 5.26 Å². The van der Waals surface area contributed by atoms with Gasteiger partial charge in [-0.15, -0.1) is 0 Å². The second kappa shape index (κ2) is 6.02. The number of nitrogens with one attached hydrogen (secondary N) is 1. The summed E-state index contributed by atoms with van der Waals surface area (Å²) in [6.07, 6.45) is 4.73. The van der Waals surface area contributed by atoms with Crippen molar-refractivity contribution >= 4 is 0 Å². The first-order valence-electron chi connectivity index (χ1n) is 7.06. The largest absolute Gasteiger partial charge is 0.289 e. The number of nitriles is 1. The molecule has 1 saturated heterocycles. The highest BCUT2D eigenvalue weighted by Gasteiger charge is 2.26. The zero-order valence-electron chi connectivity index (χ0n) is 11.6. The monoisotopic (exact) mass is 285 g/mol. The van der Waals surface area contributed by atoms with E-state index in [-0.39, 0.29) is 11.9 Å². The third-order valence-electron chi connectivity index (χ3n) is 3.92. The maximum Gasteiger partial charge on any atom is 0.141 e. The molecule has 1 aliphatic rings. The summed E-state index contributed by atoms with van der Waals surface area (Å²) in [5.41, 5.74) is 0.960. The van der Waals surface area contributed by atoms with Gasteiger partial charge in [-0.3, -0.25) is 10.00 Å². The zero-order chi connectivity index (χ0) is 14.7. The van der Waals surface area contributed by atoms with Crippen LogP contribution in [0.15, 0.2) is 24.5 Å². The number of rotatable bonds is 3. The van der Waals surface area contributed by atoms with E-state index < -0.39 is 0 Å². The van der Waals surface area contributed by atoms with Crippen molar-refractivity contribution in [3.63, 3.8) is 0 Å². The highest BCUT2D eigenvalue weighted by Crippen LogP contribution is 2.30. The van der Waals surface area contributed by atoms with Crippen LogP contribution in [0.5, 0.6) is 0 Å². The fourth-order valence-electron chi connectivity index (χ4n) is 2.83. The van der Waals surface area contributed by atoms with E-state index in [1.807, 2.05) is 6.07 Å². The van der Waals surface area contributed by atoms with Crippen molar-refractivity contribution in [2.75, 3.05) is 6.54 Å². The molecule has 3 rings (SSSR count). The molecule has 1 N–H and O–H groups in total. The Labute approximate surface area is 122 Å². The molecule has 0 radical (unpaired) electrons. The highest BCUT2D eigenvalue weighted by atomic mass is 19.1. The molecule has 5 nitrogen and oxygen atoms in total. The average Bonchev–Trinajstić information content (AvgIpc) is 3.04. The standard InChI is InChI=1S/C15H16FN5/c16-13-7-11(8-17)4-5-12(13)9-21-6-2-1-3-14(21)15-18-10-19-20-15/h4-5,7,10,14H,1-3,6,9H2,(H,18,19,20). The van der Waals surface area contributed by atoms with Crippen molar-refractivity contribution in [3.8, 4) is 6.07 Å². The normalized spacial score (nSPS) is 19.3. The van der Waals surface area contributed by atoms with E-state index in [1.54, 1.807) is 12.1 Å². The van der Waals surface area contributed by atoms with Crippen LogP contribution in [0, 0.1) is 17.1 Å². The summed E-state index contributed by atoms with van der Waals surface area (Å²) in [5.74, 6) is 0.514. The molecule has 1 aromatic heterocycles. The molecule has 0 saturated carbocycles. The molecule has 2 heterocycles. The molecule has 1 aromatic carbocycles. The lowest BCUT2D eigenvalue weighted by Gasteiger charge is -2.34. The van der Waals surface area contributed by atoms with Crippen molar-refractivity contribution in [2.24, 2.45) is 0 Å². The SMILES string of the molecule is N#Cc1ccc(CN2CCCCC2c2ncn[nH]2)c(F)c1. The van der Waals surface area contributed by atoms with E-state index in [9.17, 15) is 4.39 Å². The van der Waals surface area contributed by atoms with Gasteiger partial charge >= 0.3 is 0 Å². The molecular weight excluding hydrogens is 269 g/mol. The van der Waals surface area contributed by atoms with E-state index in [0.29, 0.717) is 17.7 Å². The first-order chi connectivity index (χ1) is 10.3. The molecule has 108 valence electrons. The van der Waals surface area contributed by atoms with Gasteiger partial charge in [-0.2, -0.15) is 10.4 Å². The van der Waals surface area contributed by atoms with Gasteiger partial charge in [0.25, 0.3) is 0 Å². The lowest BCUT2D eigenvalue weighted by atomic mass is 10.00. The van der Waals surface area contributed by atoms with Crippen molar-refractivity contribution < 1.29 is 4.39 Å². The van der Waals surface area contributed by atoms with Gasteiger partial charge in [-0.25, -0.2) is 9.37 Å². The molecule has 2 aromatic rings. The topological polar surface area (TPSA) is 68.6 Å². The third-order valence-corrected chi connectivity index (χ3v) is 3.92. The van der Waals surface area contributed by atoms with Crippen LogP contribution in [0.3, 0.4) is 0 Å². The molecule has 0 bridgehead atoms. The van der Waals surface area contributed by atoms with Crippen LogP contribution < -0.4 is 0 Å². The number of hydrogen-bond donors (Lipinski definition) is 1. The first-order valence-corrected chi connectivity index (χ1v) is 7.06. The Balaban J connectivity index is 1.80. The summed E-state index contributed by atoms with van der Waals surface area (Å²) < 4.78 is 14.0. The molecule has 1 unspecified atom stereocenters. The second-order valence-corrected chi connectivity index (χ2v) is 5.27. The Hall–Kier alpha value is -2.26. The molecule has 1 aliphatic heterocycles. The van der Waals surface area contributed by atoms with Crippen molar-refractivity contribution in [3.05, 3.63) is 47.3 Å². The summed E-state index contributed by atoms with van der Waals surface area (Å²) in [6, 6.07) is 6.75. The third kappa shape index (κ3) is 2.93. The molecule has 1 atom stereocenters. The number of likely N-dealkylation sites (tertiary alicyclic amines) is 1. The maximum absolute atomic E-state index is 14.0. The number of benzene rings is 1. The molecule has 0 amide bonds. The van der Waals surface area contributed by atoms with Gasteiger partial charge in [0.05, 0.1) is 17.7 Å². The smallest absolute Gasteiger partial charge is 0.141 e. The van der Waals surface area contributed by atoms with Crippen LogP contribution in [0.1, 0.15) is 42.3 Å². The van der Waals surface area contributed by atoms with E-state index >= 15 is 0 Å². The minimum atomic E-state index is -0.323. The maximum atomic E-state index is 14.0. The Morgan fingerprint density at radius 2 is 2.33 bits per heavy atom. The number of piperidine rings is 1. The predicted octanol–water partition coefficient (Wildman–Crippen LogP) is 2.54. The molecule has 1 fully saturated rings. The van der Waals surface area contributed by atoms with Crippen molar-refractivity contribution in [1.82, 2.24) is 20.1 Å². The fraction of sp³-hybridized carbons (Fsp3) is 0.400. The number of aromatic amines is 1. The quantitative estimate of drug-likeness (QED) is 0.941. The Morgan fingerprint density at radius 1 is 1.43 bits per heavy atom. The fourth-order valence-corrected chi connectivity index (χ4v) is 2.83. The van der Waals surface area contributed by atoms with E-state index in [2.05, 4.69) is 20.1 Å². The van der Waals surface area contributed by atoms with Gasteiger partial charge in [-0.05, 0) is 31.5 Å². The summed E-state index contributed by atoms with van der Waals surface area (Å²) in [4.78, 5) is 6.45. The van der Waals surface area contributed by atoms with E-state index in [1.165, 1.54) is 12.4 Å². The number of H-pyrrole nitrogens is 1. The van der Waals surface area contributed by atoms with Crippen LogP contribution in [-0.4, -0.2) is 26.6 Å². The first kappa shape index (κ1) is 13.7. The Bertz CT molecular complexity index is 647. The van der Waals surface area contributed by atoms with Gasteiger partial charge in [0.2, 0.25) is 0 Å². The van der Waals surface area contributed by atoms with Crippen molar-refractivity contribution in [2.45, 2.75) is 31.8 Å². The zero-order valence-corrected chi connectivity index (χ0v) is 11.6. The molecule has 21 heavy (non-hydrogen) atoms. The van der Waals surface area contributed by atoms with Gasteiger partial charge in [0.1, 0.15) is 18.0 Å². The van der Waals surface area contributed by atoms with Crippen LogP contribution >= 0.6 is 0 Å². The summed E-state index contributed by atoms with van der Waals surface area (Å²) >= 11 is 0. The minimum absolute atomic E-state index is 0.149. The van der Waals surface area contributed by atoms with E-state index in [4.69, 9.17) is 5.26 Å². The minimum Gasteiger partial charge on any atom is -0.289 e. The van der Waals surface area contributed by atoms with Crippen LogP contribution in [0.2, 0.25) is 0 Å². The van der Waals surface area contributed by atoms with Crippen LogP contribution in [0.4, 0.5) is 4.39 Å². The Kier molecular flexibility index (Phi) is 3.93. The lowest BCUT2D eigenvalue weighted by Crippen LogP contribution is -2.33. The highest BCUT2D eigenvalue weighted by molar-refractivity contribution is 5.32. The van der Waals surface area contributed by atoms with Gasteiger partial charge in [0, 0.05) is 12.1 Å². The summed E-state index contributed by atoms with van der Waals surface area (Å²) in [7, 11) is 0. The van der Waals surface area contributed by atoms with Crippen LogP contribution in [-0.2, 0) is 6.54 Å². The number of aromatic nitrogens is 3. The molecule has 6 heteroatoms. The molecule has 0 spiro atoms. The number of hydrogen-bond acceptors (Lipinski definition) is 4. The summed E-state index contributed by atoms with van der Waals surface area (Å²) in [6.45, 7) is 1.42. The number of halogens is 1. The van der Waals surface area contributed by atoms with E-state index in [0.717, 1.165) is 31.6 Å². The Morgan fingerprint density at radius 3 is 3.05 bits per heavy atom.